The van der Waals surface area contributed by atoms with Crippen LogP contribution in [0.2, 0.25) is 0 Å². The van der Waals surface area contributed by atoms with Crippen LogP contribution in [0.15, 0.2) is 29.3 Å². The Labute approximate surface area is 101 Å². The molecule has 2 aromatic rings. The van der Waals surface area contributed by atoms with Crippen molar-refractivity contribution in [3.05, 3.63) is 40.4 Å². The third-order valence-corrected chi connectivity index (χ3v) is 2.84. The first kappa shape index (κ1) is 11.8. The second kappa shape index (κ2) is 4.67. The Hall–Kier alpha value is -1.68. The maximum atomic E-state index is 12.2. The fourth-order valence-corrected chi connectivity index (χ4v) is 1.80. The first-order chi connectivity index (χ1) is 8.09. The van der Waals surface area contributed by atoms with E-state index in [0.717, 1.165) is 17.6 Å². The van der Waals surface area contributed by atoms with Crippen LogP contribution < -0.4 is 5.56 Å². The normalized spacial score (nSPS) is 11.3. The van der Waals surface area contributed by atoms with Crippen molar-refractivity contribution in [2.24, 2.45) is 0 Å². The molecule has 0 aliphatic carbocycles. The first-order valence-electron chi connectivity index (χ1n) is 5.69. The third kappa shape index (κ3) is 2.36. The minimum atomic E-state index is 0.0422. The van der Waals surface area contributed by atoms with E-state index in [1.54, 1.807) is 10.9 Å². The van der Waals surface area contributed by atoms with E-state index in [0.29, 0.717) is 11.9 Å². The van der Waals surface area contributed by atoms with Crippen LogP contribution in [-0.2, 0) is 6.54 Å². The summed E-state index contributed by atoms with van der Waals surface area (Å²) in [7, 11) is 3.98. The summed E-state index contributed by atoms with van der Waals surface area (Å²) in [6.07, 6.45) is 1.64. The van der Waals surface area contributed by atoms with Crippen molar-refractivity contribution >= 4 is 10.9 Å². The Morgan fingerprint density at radius 1 is 1.35 bits per heavy atom. The Morgan fingerprint density at radius 3 is 2.82 bits per heavy atom. The Balaban J connectivity index is 2.48. The van der Waals surface area contributed by atoms with Crippen LogP contribution in [0.1, 0.15) is 5.56 Å². The van der Waals surface area contributed by atoms with Gasteiger partial charge in [0, 0.05) is 13.1 Å². The molecule has 0 fully saturated rings. The van der Waals surface area contributed by atoms with Gasteiger partial charge in [-0.3, -0.25) is 9.36 Å². The average Bonchev–Trinajstić information content (AvgIpc) is 2.29. The molecule has 0 aliphatic heterocycles. The molecular formula is C13H17N3O. The molecule has 2 rings (SSSR count). The van der Waals surface area contributed by atoms with Crippen LogP contribution in [0.3, 0.4) is 0 Å². The number of para-hydroxylation sites is 1. The highest BCUT2D eigenvalue weighted by atomic mass is 16.1. The summed E-state index contributed by atoms with van der Waals surface area (Å²) in [6, 6.07) is 5.71. The van der Waals surface area contributed by atoms with Crippen molar-refractivity contribution in [1.29, 1.82) is 0 Å². The molecule has 0 amide bonds. The van der Waals surface area contributed by atoms with Crippen molar-refractivity contribution < 1.29 is 0 Å². The lowest BCUT2D eigenvalue weighted by atomic mass is 10.1. The maximum Gasteiger partial charge on any atom is 0.261 e. The van der Waals surface area contributed by atoms with Gasteiger partial charge in [0.2, 0.25) is 0 Å². The van der Waals surface area contributed by atoms with Crippen molar-refractivity contribution in [2.45, 2.75) is 13.5 Å². The van der Waals surface area contributed by atoms with Gasteiger partial charge in [-0.2, -0.15) is 0 Å². The maximum absolute atomic E-state index is 12.2. The minimum absolute atomic E-state index is 0.0422. The quantitative estimate of drug-likeness (QED) is 0.798. The average molecular weight is 231 g/mol. The smallest absolute Gasteiger partial charge is 0.261 e. The Morgan fingerprint density at radius 2 is 2.12 bits per heavy atom. The summed E-state index contributed by atoms with van der Waals surface area (Å²) in [5, 5.41) is 0.700. The molecule has 90 valence electrons. The van der Waals surface area contributed by atoms with E-state index in [-0.39, 0.29) is 5.56 Å². The first-order valence-corrected chi connectivity index (χ1v) is 5.69. The van der Waals surface area contributed by atoms with Gasteiger partial charge in [-0.1, -0.05) is 12.1 Å². The van der Waals surface area contributed by atoms with Gasteiger partial charge in [0.05, 0.1) is 17.2 Å². The highest BCUT2D eigenvalue weighted by molar-refractivity contribution is 5.80. The van der Waals surface area contributed by atoms with Crippen molar-refractivity contribution in [3.8, 4) is 0 Å². The molecule has 0 saturated carbocycles. The van der Waals surface area contributed by atoms with Crippen LogP contribution >= 0.6 is 0 Å². The Kier molecular flexibility index (Phi) is 3.24. The van der Waals surface area contributed by atoms with E-state index in [9.17, 15) is 4.79 Å². The van der Waals surface area contributed by atoms with Gasteiger partial charge < -0.3 is 4.90 Å². The zero-order chi connectivity index (χ0) is 12.4. The summed E-state index contributed by atoms with van der Waals surface area (Å²) in [4.78, 5) is 18.6. The van der Waals surface area contributed by atoms with Gasteiger partial charge >= 0.3 is 0 Å². The highest BCUT2D eigenvalue weighted by Gasteiger charge is 2.05. The van der Waals surface area contributed by atoms with E-state index in [4.69, 9.17) is 0 Å². The number of nitrogens with zero attached hydrogens (tertiary/aromatic N) is 3. The summed E-state index contributed by atoms with van der Waals surface area (Å²) in [5.41, 5.74) is 1.89. The summed E-state index contributed by atoms with van der Waals surface area (Å²) >= 11 is 0. The molecule has 0 saturated heterocycles. The van der Waals surface area contributed by atoms with Crippen LogP contribution in [0.4, 0.5) is 0 Å². The third-order valence-electron chi connectivity index (χ3n) is 2.84. The molecule has 1 aromatic heterocycles. The van der Waals surface area contributed by atoms with Crippen molar-refractivity contribution in [3.63, 3.8) is 0 Å². The van der Waals surface area contributed by atoms with Gasteiger partial charge in [0.1, 0.15) is 0 Å². The number of fused-ring (bicyclic) bond motifs is 1. The molecule has 0 atom stereocenters. The van der Waals surface area contributed by atoms with Gasteiger partial charge in [0.15, 0.2) is 0 Å². The van der Waals surface area contributed by atoms with E-state index < -0.39 is 0 Å². The molecule has 0 N–H and O–H groups in total. The topological polar surface area (TPSA) is 38.1 Å². The van der Waals surface area contributed by atoms with Gasteiger partial charge in [0.25, 0.3) is 5.56 Å². The van der Waals surface area contributed by atoms with Crippen molar-refractivity contribution in [2.75, 3.05) is 20.6 Å². The molecule has 4 heteroatoms. The van der Waals surface area contributed by atoms with E-state index in [1.807, 2.05) is 44.1 Å². The summed E-state index contributed by atoms with van der Waals surface area (Å²) < 4.78 is 1.67. The van der Waals surface area contributed by atoms with Crippen LogP contribution in [0.25, 0.3) is 10.9 Å². The number of hydrogen-bond donors (Lipinski definition) is 0. The number of rotatable bonds is 3. The predicted molar refractivity (Wildman–Crippen MR) is 69.3 cm³/mol. The zero-order valence-corrected chi connectivity index (χ0v) is 10.5. The van der Waals surface area contributed by atoms with Gasteiger partial charge in [-0.15, -0.1) is 0 Å². The second-order valence-corrected chi connectivity index (χ2v) is 4.52. The summed E-state index contributed by atoms with van der Waals surface area (Å²) in [6.45, 7) is 3.47. The molecule has 0 unspecified atom stereocenters. The van der Waals surface area contributed by atoms with Gasteiger partial charge in [-0.25, -0.2) is 4.98 Å². The number of aromatic nitrogens is 2. The molecule has 4 nitrogen and oxygen atoms in total. The molecule has 0 radical (unpaired) electrons. The SMILES string of the molecule is Cc1cccc2c(=O)n(CCN(C)C)cnc12. The minimum Gasteiger partial charge on any atom is -0.308 e. The molecule has 1 heterocycles. The molecule has 0 aliphatic rings. The molecule has 0 bridgehead atoms. The van der Waals surface area contributed by atoms with Gasteiger partial charge in [-0.05, 0) is 32.6 Å². The van der Waals surface area contributed by atoms with E-state index in [1.165, 1.54) is 0 Å². The highest BCUT2D eigenvalue weighted by Crippen LogP contribution is 2.10. The lowest BCUT2D eigenvalue weighted by Crippen LogP contribution is -2.26. The van der Waals surface area contributed by atoms with Crippen LogP contribution in [-0.4, -0.2) is 35.1 Å². The van der Waals surface area contributed by atoms with Crippen LogP contribution in [0, 0.1) is 6.92 Å². The zero-order valence-electron chi connectivity index (χ0n) is 10.5. The molecule has 1 aromatic carbocycles. The van der Waals surface area contributed by atoms with Crippen LogP contribution in [0.5, 0.6) is 0 Å². The van der Waals surface area contributed by atoms with E-state index in [2.05, 4.69) is 4.98 Å². The molecular weight excluding hydrogens is 214 g/mol. The van der Waals surface area contributed by atoms with E-state index >= 15 is 0 Å². The Bertz CT molecular complexity index is 587. The fraction of sp³-hybridized carbons (Fsp3) is 0.385. The monoisotopic (exact) mass is 231 g/mol. The number of benzene rings is 1. The number of likely N-dealkylation sites (N-methyl/N-ethyl adjacent to an activating group) is 1. The lowest BCUT2D eigenvalue weighted by Gasteiger charge is -2.11. The van der Waals surface area contributed by atoms with Crippen molar-refractivity contribution in [1.82, 2.24) is 14.5 Å². The summed E-state index contributed by atoms with van der Waals surface area (Å²) in [5.74, 6) is 0. The molecule has 17 heavy (non-hydrogen) atoms. The second-order valence-electron chi connectivity index (χ2n) is 4.52. The number of hydrogen-bond acceptors (Lipinski definition) is 3. The molecule has 0 spiro atoms. The predicted octanol–water partition coefficient (Wildman–Crippen LogP) is 1.27. The fourth-order valence-electron chi connectivity index (χ4n) is 1.80. The lowest BCUT2D eigenvalue weighted by molar-refractivity contribution is 0.380. The standard InChI is InChI=1S/C13H17N3O/c1-10-5-4-6-11-12(10)14-9-16(13(11)17)8-7-15(2)3/h4-6,9H,7-8H2,1-3H3. The largest absolute Gasteiger partial charge is 0.308 e. The number of aryl methyl sites for hydroxylation is 1.